The number of hydrogen-bond acceptors (Lipinski definition) is 4. The molecule has 1 aromatic carbocycles. The number of fused-ring (bicyclic) bond motifs is 1. The number of halogens is 3. The van der Waals surface area contributed by atoms with E-state index in [9.17, 15) is 22.8 Å². The van der Waals surface area contributed by atoms with E-state index in [1.54, 1.807) is 24.3 Å². The van der Waals surface area contributed by atoms with Crippen LogP contribution in [-0.2, 0) is 9.59 Å². The van der Waals surface area contributed by atoms with Gasteiger partial charge in [-0.15, -0.1) is 0 Å². The number of amides is 2. The summed E-state index contributed by atoms with van der Waals surface area (Å²) < 4.78 is 43.1. The first kappa shape index (κ1) is 15.9. The summed E-state index contributed by atoms with van der Waals surface area (Å²) in [6, 6.07) is 6.32. The van der Waals surface area contributed by atoms with Crippen molar-refractivity contribution in [1.82, 2.24) is 4.90 Å². The molecule has 1 unspecified atom stereocenters. The third kappa shape index (κ3) is 3.80. The number of benzene rings is 1. The van der Waals surface area contributed by atoms with Crippen LogP contribution in [0.25, 0.3) is 0 Å². The lowest BCUT2D eigenvalue weighted by molar-refractivity contribution is -0.186. The summed E-state index contributed by atoms with van der Waals surface area (Å²) >= 11 is 0. The Bertz CT molecular complexity index is 577. The molecule has 1 aliphatic rings. The Morgan fingerprint density at radius 3 is 2.68 bits per heavy atom. The van der Waals surface area contributed by atoms with Crippen molar-refractivity contribution in [2.24, 2.45) is 5.73 Å². The van der Waals surface area contributed by atoms with Crippen LogP contribution in [0.1, 0.15) is 0 Å². The summed E-state index contributed by atoms with van der Waals surface area (Å²) in [5.74, 6) is -2.55. The summed E-state index contributed by atoms with van der Waals surface area (Å²) in [6.07, 6.45) is -5.07. The Labute approximate surface area is 124 Å². The molecule has 6 nitrogen and oxygen atoms in total. The van der Waals surface area contributed by atoms with E-state index in [2.05, 4.69) is 5.32 Å². The van der Waals surface area contributed by atoms with Crippen LogP contribution < -0.4 is 15.8 Å². The fraction of sp³-hybridized carbons (Fsp3) is 0.385. The molecule has 2 amide bonds. The van der Waals surface area contributed by atoms with Gasteiger partial charge in [-0.3, -0.25) is 9.59 Å². The number of hydrogen-bond donors (Lipinski definition) is 2. The molecule has 2 rings (SSSR count). The van der Waals surface area contributed by atoms with Gasteiger partial charge in [0.25, 0.3) is 0 Å². The molecule has 0 bridgehead atoms. The maximum Gasteiger partial charge on any atom is 0.471 e. The fourth-order valence-electron chi connectivity index (χ4n) is 2.11. The zero-order valence-corrected chi connectivity index (χ0v) is 11.4. The minimum Gasteiger partial charge on any atom is -0.489 e. The van der Waals surface area contributed by atoms with Gasteiger partial charge in [0.15, 0.2) is 0 Å². The fourth-order valence-corrected chi connectivity index (χ4v) is 2.11. The molecule has 22 heavy (non-hydrogen) atoms. The first-order valence-electron chi connectivity index (χ1n) is 6.40. The Morgan fingerprint density at radius 2 is 2.05 bits per heavy atom. The van der Waals surface area contributed by atoms with E-state index in [1.165, 1.54) is 0 Å². The largest absolute Gasteiger partial charge is 0.489 e. The number of carbonyl (C=O) groups excluding carboxylic acids is 2. The van der Waals surface area contributed by atoms with Crippen molar-refractivity contribution in [1.29, 1.82) is 0 Å². The highest BCUT2D eigenvalue weighted by atomic mass is 19.4. The first-order valence-corrected chi connectivity index (χ1v) is 6.40. The number of ether oxygens (including phenoxy) is 1. The van der Waals surface area contributed by atoms with Crippen LogP contribution in [-0.4, -0.2) is 48.6 Å². The lowest BCUT2D eigenvalue weighted by atomic mass is 10.2. The van der Waals surface area contributed by atoms with Crippen LogP contribution >= 0.6 is 0 Å². The minimum atomic E-state index is -5.07. The molecular weight excluding hydrogens is 303 g/mol. The highest BCUT2D eigenvalue weighted by Crippen LogP contribution is 2.28. The highest BCUT2D eigenvalue weighted by Gasteiger charge is 2.43. The quantitative estimate of drug-likeness (QED) is 0.858. The van der Waals surface area contributed by atoms with E-state index in [0.29, 0.717) is 16.3 Å². The molecule has 0 saturated carbocycles. The van der Waals surface area contributed by atoms with Crippen molar-refractivity contribution in [2.45, 2.75) is 12.2 Å². The van der Waals surface area contributed by atoms with Crippen LogP contribution in [0.15, 0.2) is 24.3 Å². The van der Waals surface area contributed by atoms with Gasteiger partial charge in [0.2, 0.25) is 5.91 Å². The van der Waals surface area contributed by atoms with E-state index in [4.69, 9.17) is 10.5 Å². The number of para-hydroxylation sites is 2. The van der Waals surface area contributed by atoms with Crippen molar-refractivity contribution in [3.05, 3.63) is 24.3 Å². The first-order chi connectivity index (χ1) is 10.3. The van der Waals surface area contributed by atoms with Gasteiger partial charge in [-0.05, 0) is 12.1 Å². The summed E-state index contributed by atoms with van der Waals surface area (Å²) in [5.41, 5.74) is 5.51. The summed E-state index contributed by atoms with van der Waals surface area (Å²) in [5, 5.41) is 2.97. The van der Waals surface area contributed by atoms with Crippen molar-refractivity contribution >= 4 is 17.5 Å². The molecule has 0 radical (unpaired) electrons. The summed E-state index contributed by atoms with van der Waals surface area (Å²) in [7, 11) is 0. The SMILES string of the molecule is NC(=O)CN(CC1COc2ccccc2N1)C(=O)C(F)(F)F. The molecule has 1 aliphatic heterocycles. The average Bonchev–Trinajstić information content (AvgIpc) is 2.44. The molecule has 0 aliphatic carbocycles. The number of carbonyl (C=O) groups is 2. The third-order valence-corrected chi connectivity index (χ3v) is 3.00. The van der Waals surface area contributed by atoms with Gasteiger partial charge in [-0.25, -0.2) is 0 Å². The molecule has 120 valence electrons. The summed E-state index contributed by atoms with van der Waals surface area (Å²) in [6.45, 7) is -1.09. The smallest absolute Gasteiger partial charge is 0.471 e. The van der Waals surface area contributed by atoms with Crippen molar-refractivity contribution in [2.75, 3.05) is 25.0 Å². The molecule has 1 heterocycles. The Balaban J connectivity index is 2.08. The van der Waals surface area contributed by atoms with Crippen molar-refractivity contribution in [3.8, 4) is 5.75 Å². The predicted octanol–water partition coefficient (Wildman–Crippen LogP) is 0.736. The van der Waals surface area contributed by atoms with E-state index in [1.807, 2.05) is 0 Å². The van der Waals surface area contributed by atoms with Crippen molar-refractivity contribution in [3.63, 3.8) is 0 Å². The van der Waals surface area contributed by atoms with Crippen LogP contribution in [0.3, 0.4) is 0 Å². The van der Waals surface area contributed by atoms with Crippen LogP contribution in [0.4, 0.5) is 18.9 Å². The molecule has 3 N–H and O–H groups in total. The lowest BCUT2D eigenvalue weighted by Crippen LogP contribution is -2.51. The Morgan fingerprint density at radius 1 is 1.36 bits per heavy atom. The van der Waals surface area contributed by atoms with Crippen LogP contribution in [0.2, 0.25) is 0 Å². The molecule has 0 saturated heterocycles. The number of nitrogens with zero attached hydrogens (tertiary/aromatic N) is 1. The van der Waals surface area contributed by atoms with Crippen LogP contribution in [0, 0.1) is 0 Å². The maximum atomic E-state index is 12.5. The van der Waals surface area contributed by atoms with Gasteiger partial charge >= 0.3 is 12.1 Å². The average molecular weight is 317 g/mol. The van der Waals surface area contributed by atoms with Crippen LogP contribution in [0.5, 0.6) is 5.75 Å². The van der Waals surface area contributed by atoms with Gasteiger partial charge in [0.05, 0.1) is 18.3 Å². The van der Waals surface area contributed by atoms with E-state index < -0.39 is 30.6 Å². The second-order valence-electron chi connectivity index (χ2n) is 4.80. The molecule has 0 aromatic heterocycles. The van der Waals surface area contributed by atoms with Gasteiger partial charge in [-0.2, -0.15) is 13.2 Å². The van der Waals surface area contributed by atoms with Crippen molar-refractivity contribution < 1.29 is 27.5 Å². The molecule has 0 fully saturated rings. The second-order valence-corrected chi connectivity index (χ2v) is 4.80. The Kier molecular flexibility index (Phi) is 4.43. The number of nitrogens with one attached hydrogen (secondary N) is 1. The standard InChI is InChI=1S/C13H14F3N3O3/c14-13(15,16)12(21)19(6-11(17)20)5-8-7-22-10-4-2-1-3-9(10)18-8/h1-4,8,18H,5-7H2,(H2,17,20). The molecule has 1 aromatic rings. The molecular formula is C13H14F3N3O3. The van der Waals surface area contributed by atoms with Gasteiger partial charge in [0.1, 0.15) is 12.4 Å². The number of alkyl halides is 3. The van der Waals surface area contributed by atoms with Gasteiger partial charge in [-0.1, -0.05) is 12.1 Å². The highest BCUT2D eigenvalue weighted by molar-refractivity contribution is 5.87. The van der Waals surface area contributed by atoms with Gasteiger partial charge < -0.3 is 20.7 Å². The maximum absolute atomic E-state index is 12.5. The minimum absolute atomic E-state index is 0.0669. The van der Waals surface area contributed by atoms with Gasteiger partial charge in [0, 0.05) is 6.54 Å². The van der Waals surface area contributed by atoms with E-state index >= 15 is 0 Å². The lowest BCUT2D eigenvalue weighted by Gasteiger charge is -2.32. The number of nitrogens with two attached hydrogens (primary N) is 1. The van der Waals surface area contributed by atoms with E-state index in [-0.39, 0.29) is 13.2 Å². The topological polar surface area (TPSA) is 84.7 Å². The molecule has 9 heteroatoms. The number of rotatable bonds is 4. The predicted molar refractivity (Wildman–Crippen MR) is 71.2 cm³/mol. The zero-order valence-electron chi connectivity index (χ0n) is 11.4. The second kappa shape index (κ2) is 6.12. The monoisotopic (exact) mass is 317 g/mol. The number of primary amides is 1. The summed E-state index contributed by atoms with van der Waals surface area (Å²) in [4.78, 5) is 22.6. The normalized spacial score (nSPS) is 17.0. The Hall–Kier alpha value is -2.45. The zero-order chi connectivity index (χ0) is 16.3. The molecule has 0 spiro atoms. The molecule has 1 atom stereocenters. The van der Waals surface area contributed by atoms with E-state index in [0.717, 1.165) is 0 Å². The third-order valence-electron chi connectivity index (χ3n) is 3.00. The number of anilines is 1.